The van der Waals surface area contributed by atoms with Crippen molar-refractivity contribution in [3.63, 3.8) is 0 Å². The van der Waals surface area contributed by atoms with Crippen LogP contribution in [-0.4, -0.2) is 12.1 Å². The normalized spacial score (nSPS) is 10.8. The first-order chi connectivity index (χ1) is 11.7. The zero-order valence-corrected chi connectivity index (χ0v) is 14.5. The Bertz CT molecular complexity index is 842. The van der Waals surface area contributed by atoms with Crippen LogP contribution in [0.15, 0.2) is 48.7 Å². The minimum Gasteiger partial charge on any atom is -0.497 e. The topological polar surface area (TPSA) is 31.4 Å². The third kappa shape index (κ3) is 3.51. The van der Waals surface area contributed by atoms with Crippen LogP contribution in [0.5, 0.6) is 17.2 Å². The summed E-state index contributed by atoms with van der Waals surface area (Å²) in [6.45, 7) is 4.37. The molecule has 0 unspecified atom stereocenters. The number of aryl methyl sites for hydroxylation is 2. The van der Waals surface area contributed by atoms with Crippen LogP contribution < -0.4 is 9.47 Å². The molecule has 0 bridgehead atoms. The molecule has 0 fully saturated rings. The van der Waals surface area contributed by atoms with Gasteiger partial charge in [0, 0.05) is 17.6 Å². The standard InChI is InChI=1S/C21H23NO2/c1-4-5-6-16-13-18(8-7-15(16)2)24-21-11-12-22-20-14-17(23-3)9-10-19(20)21/h7-14H,4-6H2,1-3H3. The summed E-state index contributed by atoms with van der Waals surface area (Å²) in [5, 5.41) is 0.981. The van der Waals surface area contributed by atoms with Gasteiger partial charge in [0.15, 0.2) is 0 Å². The summed E-state index contributed by atoms with van der Waals surface area (Å²) in [5.41, 5.74) is 3.54. The van der Waals surface area contributed by atoms with Gasteiger partial charge in [-0.25, -0.2) is 0 Å². The van der Waals surface area contributed by atoms with E-state index in [1.165, 1.54) is 24.0 Å². The van der Waals surface area contributed by atoms with Gasteiger partial charge in [-0.1, -0.05) is 19.4 Å². The predicted octanol–water partition coefficient (Wildman–Crippen LogP) is 5.69. The zero-order valence-electron chi connectivity index (χ0n) is 14.5. The SMILES string of the molecule is CCCCc1cc(Oc2ccnc3cc(OC)ccc23)ccc1C. The molecule has 3 nitrogen and oxygen atoms in total. The van der Waals surface area contributed by atoms with Crippen molar-refractivity contribution in [2.45, 2.75) is 33.1 Å². The molecule has 1 heterocycles. The summed E-state index contributed by atoms with van der Waals surface area (Å²) in [6, 6.07) is 14.1. The molecule has 3 heteroatoms. The summed E-state index contributed by atoms with van der Waals surface area (Å²) in [7, 11) is 1.66. The Morgan fingerprint density at radius 1 is 1.00 bits per heavy atom. The maximum Gasteiger partial charge on any atom is 0.138 e. The van der Waals surface area contributed by atoms with E-state index in [0.29, 0.717) is 0 Å². The van der Waals surface area contributed by atoms with Crippen molar-refractivity contribution < 1.29 is 9.47 Å². The molecule has 2 aromatic carbocycles. The Morgan fingerprint density at radius 3 is 2.62 bits per heavy atom. The lowest BCUT2D eigenvalue weighted by Crippen LogP contribution is -1.93. The van der Waals surface area contributed by atoms with Crippen molar-refractivity contribution in [1.29, 1.82) is 0 Å². The molecule has 0 aliphatic carbocycles. The van der Waals surface area contributed by atoms with Crippen molar-refractivity contribution in [3.8, 4) is 17.2 Å². The first-order valence-corrected chi connectivity index (χ1v) is 8.41. The molecule has 0 amide bonds. The van der Waals surface area contributed by atoms with Crippen molar-refractivity contribution in [3.05, 3.63) is 59.8 Å². The first kappa shape index (κ1) is 16.3. The number of benzene rings is 2. The minimum absolute atomic E-state index is 0.796. The van der Waals surface area contributed by atoms with Gasteiger partial charge in [-0.15, -0.1) is 0 Å². The molecule has 3 rings (SSSR count). The van der Waals surface area contributed by atoms with Crippen molar-refractivity contribution in [2.24, 2.45) is 0 Å². The highest BCUT2D eigenvalue weighted by Gasteiger charge is 2.07. The van der Waals surface area contributed by atoms with Gasteiger partial charge in [-0.05, 0) is 61.2 Å². The van der Waals surface area contributed by atoms with Crippen LogP contribution in [0.1, 0.15) is 30.9 Å². The number of methoxy groups -OCH3 is 1. The van der Waals surface area contributed by atoms with Gasteiger partial charge in [0.1, 0.15) is 17.2 Å². The molecule has 0 atom stereocenters. The fourth-order valence-electron chi connectivity index (χ4n) is 2.79. The lowest BCUT2D eigenvalue weighted by atomic mass is 10.0. The maximum absolute atomic E-state index is 6.16. The maximum atomic E-state index is 6.16. The Hall–Kier alpha value is -2.55. The van der Waals surface area contributed by atoms with Gasteiger partial charge in [-0.3, -0.25) is 4.98 Å². The lowest BCUT2D eigenvalue weighted by molar-refractivity contribution is 0.415. The summed E-state index contributed by atoms with van der Waals surface area (Å²) in [4.78, 5) is 4.40. The summed E-state index contributed by atoms with van der Waals surface area (Å²) in [6.07, 6.45) is 5.25. The monoisotopic (exact) mass is 321 g/mol. The number of unbranched alkanes of at least 4 members (excludes halogenated alkanes) is 1. The summed E-state index contributed by atoms with van der Waals surface area (Å²) >= 11 is 0. The van der Waals surface area contributed by atoms with Crippen LogP contribution in [0, 0.1) is 6.92 Å². The lowest BCUT2D eigenvalue weighted by Gasteiger charge is -2.12. The van der Waals surface area contributed by atoms with E-state index in [0.717, 1.165) is 34.6 Å². The molecule has 0 spiro atoms. The highest BCUT2D eigenvalue weighted by Crippen LogP contribution is 2.31. The second-order valence-corrected chi connectivity index (χ2v) is 5.99. The molecule has 0 saturated carbocycles. The molecule has 0 aliphatic heterocycles. The highest BCUT2D eigenvalue weighted by molar-refractivity contribution is 5.86. The van der Waals surface area contributed by atoms with E-state index in [-0.39, 0.29) is 0 Å². The highest BCUT2D eigenvalue weighted by atomic mass is 16.5. The van der Waals surface area contributed by atoms with Crippen LogP contribution in [0.2, 0.25) is 0 Å². The second kappa shape index (κ2) is 7.35. The van der Waals surface area contributed by atoms with Gasteiger partial charge < -0.3 is 9.47 Å². The summed E-state index contributed by atoms with van der Waals surface area (Å²) < 4.78 is 11.4. The second-order valence-electron chi connectivity index (χ2n) is 5.99. The number of hydrogen-bond acceptors (Lipinski definition) is 3. The molecule has 0 N–H and O–H groups in total. The number of ether oxygens (including phenoxy) is 2. The van der Waals surface area contributed by atoms with E-state index in [4.69, 9.17) is 9.47 Å². The number of aromatic nitrogens is 1. The Balaban J connectivity index is 1.92. The molecule has 3 aromatic rings. The summed E-state index contributed by atoms with van der Waals surface area (Å²) in [5.74, 6) is 2.48. The van der Waals surface area contributed by atoms with Gasteiger partial charge in [0.2, 0.25) is 0 Å². The Kier molecular flexibility index (Phi) is 4.99. The van der Waals surface area contributed by atoms with E-state index in [9.17, 15) is 0 Å². The van der Waals surface area contributed by atoms with E-state index >= 15 is 0 Å². The van der Waals surface area contributed by atoms with Crippen molar-refractivity contribution >= 4 is 10.9 Å². The number of hydrogen-bond donors (Lipinski definition) is 0. The van der Waals surface area contributed by atoms with Crippen LogP contribution >= 0.6 is 0 Å². The Morgan fingerprint density at radius 2 is 1.83 bits per heavy atom. The molecule has 24 heavy (non-hydrogen) atoms. The first-order valence-electron chi connectivity index (χ1n) is 8.41. The van der Waals surface area contributed by atoms with E-state index < -0.39 is 0 Å². The van der Waals surface area contributed by atoms with E-state index in [1.807, 2.05) is 30.3 Å². The number of nitrogens with zero attached hydrogens (tertiary/aromatic N) is 1. The third-order valence-electron chi connectivity index (χ3n) is 4.26. The molecule has 1 aromatic heterocycles. The molecular weight excluding hydrogens is 298 g/mol. The van der Waals surface area contributed by atoms with Crippen LogP contribution in [0.4, 0.5) is 0 Å². The fourth-order valence-corrected chi connectivity index (χ4v) is 2.79. The van der Waals surface area contributed by atoms with Gasteiger partial charge in [0.05, 0.1) is 12.6 Å². The smallest absolute Gasteiger partial charge is 0.138 e. The molecule has 124 valence electrons. The van der Waals surface area contributed by atoms with Crippen LogP contribution in [0.3, 0.4) is 0 Å². The van der Waals surface area contributed by atoms with Crippen molar-refractivity contribution in [1.82, 2.24) is 4.98 Å². The average molecular weight is 321 g/mol. The largest absolute Gasteiger partial charge is 0.497 e. The van der Waals surface area contributed by atoms with Gasteiger partial charge in [0.25, 0.3) is 0 Å². The minimum atomic E-state index is 0.796. The van der Waals surface area contributed by atoms with Crippen molar-refractivity contribution in [2.75, 3.05) is 7.11 Å². The van der Waals surface area contributed by atoms with E-state index in [2.05, 4.69) is 31.0 Å². The number of fused-ring (bicyclic) bond motifs is 1. The molecule has 0 aliphatic rings. The van der Waals surface area contributed by atoms with Crippen LogP contribution in [-0.2, 0) is 6.42 Å². The van der Waals surface area contributed by atoms with E-state index in [1.54, 1.807) is 13.3 Å². The molecular formula is C21H23NO2. The number of rotatable bonds is 6. The predicted molar refractivity (Wildman–Crippen MR) is 98.2 cm³/mol. The van der Waals surface area contributed by atoms with Crippen LogP contribution in [0.25, 0.3) is 10.9 Å². The fraction of sp³-hybridized carbons (Fsp3) is 0.286. The average Bonchev–Trinajstić information content (AvgIpc) is 2.62. The van der Waals surface area contributed by atoms with Gasteiger partial charge in [-0.2, -0.15) is 0 Å². The molecule has 0 radical (unpaired) electrons. The Labute approximate surface area is 143 Å². The zero-order chi connectivity index (χ0) is 16.9. The number of pyridine rings is 1. The molecule has 0 saturated heterocycles. The quantitative estimate of drug-likeness (QED) is 0.584. The van der Waals surface area contributed by atoms with Gasteiger partial charge >= 0.3 is 0 Å². The third-order valence-corrected chi connectivity index (χ3v) is 4.26.